The molecule has 0 bridgehead atoms. The molecule has 1 aromatic carbocycles. The standard InChI is InChI=1S/C16H20N4S/c1-11(2)8-17-9-15-18-13(10-21-15)16-19-12-6-4-5-7-14(12)20(16)3/h4-7,10-11,17H,8-9H2,1-3H3. The van der Waals surface area contributed by atoms with Crippen molar-refractivity contribution in [3.8, 4) is 11.5 Å². The Labute approximate surface area is 128 Å². The molecule has 5 heteroatoms. The maximum Gasteiger partial charge on any atom is 0.160 e. The van der Waals surface area contributed by atoms with Crippen molar-refractivity contribution >= 4 is 22.4 Å². The van der Waals surface area contributed by atoms with Crippen LogP contribution in [0.1, 0.15) is 18.9 Å². The van der Waals surface area contributed by atoms with Crippen LogP contribution >= 0.6 is 11.3 Å². The van der Waals surface area contributed by atoms with Gasteiger partial charge in [-0.05, 0) is 24.6 Å². The van der Waals surface area contributed by atoms with E-state index in [0.717, 1.165) is 40.6 Å². The number of rotatable bonds is 5. The zero-order chi connectivity index (χ0) is 14.8. The Morgan fingerprint density at radius 2 is 2.05 bits per heavy atom. The molecule has 0 radical (unpaired) electrons. The second-order valence-corrected chi connectivity index (χ2v) is 6.58. The lowest BCUT2D eigenvalue weighted by Crippen LogP contribution is -2.18. The van der Waals surface area contributed by atoms with Crippen LogP contribution in [0.4, 0.5) is 0 Å². The van der Waals surface area contributed by atoms with Gasteiger partial charge in [-0.2, -0.15) is 0 Å². The van der Waals surface area contributed by atoms with E-state index >= 15 is 0 Å². The molecule has 110 valence electrons. The highest BCUT2D eigenvalue weighted by Crippen LogP contribution is 2.24. The third kappa shape index (κ3) is 2.99. The Hall–Kier alpha value is -1.72. The van der Waals surface area contributed by atoms with Crippen LogP contribution in [0.15, 0.2) is 29.6 Å². The van der Waals surface area contributed by atoms with Gasteiger partial charge >= 0.3 is 0 Å². The summed E-state index contributed by atoms with van der Waals surface area (Å²) < 4.78 is 2.11. The van der Waals surface area contributed by atoms with Gasteiger partial charge in [0.2, 0.25) is 0 Å². The molecule has 2 aromatic heterocycles. The fourth-order valence-electron chi connectivity index (χ4n) is 2.34. The highest BCUT2D eigenvalue weighted by Gasteiger charge is 2.12. The Kier molecular flexibility index (Phi) is 4.03. The first kappa shape index (κ1) is 14.2. The molecule has 0 aliphatic rings. The van der Waals surface area contributed by atoms with Crippen molar-refractivity contribution in [2.45, 2.75) is 20.4 Å². The molecule has 0 aliphatic carbocycles. The molecule has 1 N–H and O–H groups in total. The summed E-state index contributed by atoms with van der Waals surface area (Å²) in [7, 11) is 2.04. The SMILES string of the molecule is CC(C)CNCc1nc(-c2nc3ccccc3n2C)cs1. The lowest BCUT2D eigenvalue weighted by molar-refractivity contribution is 0.551. The predicted octanol–water partition coefficient (Wildman–Crippen LogP) is 3.44. The number of nitrogens with one attached hydrogen (secondary N) is 1. The molecule has 2 heterocycles. The molecule has 0 saturated carbocycles. The molecule has 0 unspecified atom stereocenters. The van der Waals surface area contributed by atoms with Gasteiger partial charge in [-0.15, -0.1) is 11.3 Å². The molecule has 4 nitrogen and oxygen atoms in total. The van der Waals surface area contributed by atoms with Crippen LogP contribution in [-0.2, 0) is 13.6 Å². The van der Waals surface area contributed by atoms with Gasteiger partial charge in [-0.3, -0.25) is 0 Å². The lowest BCUT2D eigenvalue weighted by atomic mass is 10.2. The molecular weight excluding hydrogens is 280 g/mol. The second kappa shape index (κ2) is 5.95. The Morgan fingerprint density at radius 1 is 1.24 bits per heavy atom. The van der Waals surface area contributed by atoms with Crippen LogP contribution in [0.25, 0.3) is 22.6 Å². The van der Waals surface area contributed by atoms with Crippen LogP contribution in [0, 0.1) is 5.92 Å². The Bertz CT molecular complexity index is 742. The van der Waals surface area contributed by atoms with E-state index in [-0.39, 0.29) is 0 Å². The molecular formula is C16H20N4S. The van der Waals surface area contributed by atoms with E-state index in [1.54, 1.807) is 11.3 Å². The normalized spacial score (nSPS) is 11.6. The van der Waals surface area contributed by atoms with Crippen molar-refractivity contribution in [2.24, 2.45) is 13.0 Å². The predicted molar refractivity (Wildman–Crippen MR) is 88.4 cm³/mol. The number of aryl methyl sites for hydroxylation is 1. The van der Waals surface area contributed by atoms with E-state index in [9.17, 15) is 0 Å². The van der Waals surface area contributed by atoms with Crippen molar-refractivity contribution in [1.82, 2.24) is 19.9 Å². The van der Waals surface area contributed by atoms with E-state index in [1.807, 2.05) is 25.2 Å². The Balaban J connectivity index is 1.83. The first-order chi connectivity index (χ1) is 10.1. The molecule has 21 heavy (non-hydrogen) atoms. The van der Waals surface area contributed by atoms with Crippen LogP contribution in [0.3, 0.4) is 0 Å². The largest absolute Gasteiger partial charge is 0.326 e. The van der Waals surface area contributed by atoms with Crippen LogP contribution in [0.5, 0.6) is 0 Å². The van der Waals surface area contributed by atoms with E-state index in [2.05, 4.69) is 35.2 Å². The number of aromatic nitrogens is 3. The van der Waals surface area contributed by atoms with Crippen molar-refractivity contribution in [1.29, 1.82) is 0 Å². The zero-order valence-electron chi connectivity index (χ0n) is 12.6. The van der Waals surface area contributed by atoms with Crippen LogP contribution < -0.4 is 5.32 Å². The number of para-hydroxylation sites is 2. The van der Waals surface area contributed by atoms with Gasteiger partial charge in [0.1, 0.15) is 10.7 Å². The summed E-state index contributed by atoms with van der Waals surface area (Å²) in [4.78, 5) is 9.40. The average molecular weight is 300 g/mol. The topological polar surface area (TPSA) is 42.7 Å². The van der Waals surface area contributed by atoms with Crippen LogP contribution in [0.2, 0.25) is 0 Å². The third-order valence-electron chi connectivity index (χ3n) is 3.40. The van der Waals surface area contributed by atoms with Gasteiger partial charge in [-0.25, -0.2) is 9.97 Å². The number of hydrogen-bond acceptors (Lipinski definition) is 4. The van der Waals surface area contributed by atoms with Gasteiger partial charge in [0.05, 0.1) is 11.0 Å². The molecule has 3 rings (SSSR count). The summed E-state index contributed by atoms with van der Waals surface area (Å²) in [6.07, 6.45) is 0. The van der Waals surface area contributed by atoms with Crippen molar-refractivity contribution < 1.29 is 0 Å². The number of benzene rings is 1. The molecule has 0 spiro atoms. The first-order valence-corrected chi connectivity index (χ1v) is 8.10. The fraction of sp³-hybridized carbons (Fsp3) is 0.375. The van der Waals surface area contributed by atoms with Gasteiger partial charge in [0, 0.05) is 19.0 Å². The van der Waals surface area contributed by atoms with Gasteiger partial charge in [0.15, 0.2) is 5.82 Å². The smallest absolute Gasteiger partial charge is 0.160 e. The number of hydrogen-bond donors (Lipinski definition) is 1. The van der Waals surface area contributed by atoms with Crippen molar-refractivity contribution in [2.75, 3.05) is 6.54 Å². The van der Waals surface area contributed by atoms with E-state index in [1.165, 1.54) is 0 Å². The highest BCUT2D eigenvalue weighted by molar-refractivity contribution is 7.09. The minimum atomic E-state index is 0.657. The quantitative estimate of drug-likeness (QED) is 0.785. The summed E-state index contributed by atoms with van der Waals surface area (Å²) in [6, 6.07) is 8.18. The van der Waals surface area contributed by atoms with Crippen molar-refractivity contribution in [3.63, 3.8) is 0 Å². The van der Waals surface area contributed by atoms with Crippen LogP contribution in [-0.4, -0.2) is 21.1 Å². The molecule has 0 aliphatic heterocycles. The fourth-order valence-corrected chi connectivity index (χ4v) is 3.08. The van der Waals surface area contributed by atoms with E-state index < -0.39 is 0 Å². The average Bonchev–Trinajstić information content (AvgIpc) is 3.04. The maximum absolute atomic E-state index is 4.71. The molecule has 0 amide bonds. The molecule has 3 aromatic rings. The molecule has 0 fully saturated rings. The minimum absolute atomic E-state index is 0.657. The number of imidazole rings is 1. The molecule has 0 saturated heterocycles. The van der Waals surface area contributed by atoms with Crippen molar-refractivity contribution in [3.05, 3.63) is 34.7 Å². The van der Waals surface area contributed by atoms with Gasteiger partial charge in [0.25, 0.3) is 0 Å². The number of fused-ring (bicyclic) bond motifs is 1. The minimum Gasteiger partial charge on any atom is -0.326 e. The van der Waals surface area contributed by atoms with Gasteiger partial charge < -0.3 is 9.88 Å². The third-order valence-corrected chi connectivity index (χ3v) is 4.25. The summed E-state index contributed by atoms with van der Waals surface area (Å²) in [5, 5.41) is 6.63. The summed E-state index contributed by atoms with van der Waals surface area (Å²) in [5.74, 6) is 1.59. The zero-order valence-corrected chi connectivity index (χ0v) is 13.4. The number of thiazole rings is 1. The number of nitrogens with zero attached hydrogens (tertiary/aromatic N) is 3. The Morgan fingerprint density at radius 3 is 2.81 bits per heavy atom. The second-order valence-electron chi connectivity index (χ2n) is 5.63. The lowest BCUT2D eigenvalue weighted by Gasteiger charge is -2.04. The van der Waals surface area contributed by atoms with E-state index in [4.69, 9.17) is 9.97 Å². The monoisotopic (exact) mass is 300 g/mol. The summed E-state index contributed by atoms with van der Waals surface area (Å²) >= 11 is 1.69. The molecule has 0 atom stereocenters. The summed E-state index contributed by atoms with van der Waals surface area (Å²) in [5.41, 5.74) is 3.11. The maximum atomic E-state index is 4.71. The van der Waals surface area contributed by atoms with E-state index in [0.29, 0.717) is 5.92 Å². The van der Waals surface area contributed by atoms with Gasteiger partial charge in [-0.1, -0.05) is 26.0 Å². The highest BCUT2D eigenvalue weighted by atomic mass is 32.1. The summed E-state index contributed by atoms with van der Waals surface area (Å²) in [6.45, 7) is 6.26. The first-order valence-electron chi connectivity index (χ1n) is 7.22.